The Hall–Kier alpha value is -1.42. The van der Waals surface area contributed by atoms with Crippen molar-refractivity contribution in [2.45, 2.75) is 13.5 Å². The summed E-state index contributed by atoms with van der Waals surface area (Å²) in [4.78, 5) is 0. The first kappa shape index (κ1) is 11.7. The average molecular weight is 210 g/mol. The van der Waals surface area contributed by atoms with Crippen LogP contribution in [0, 0.1) is 0 Å². The first-order chi connectivity index (χ1) is 7.22. The predicted octanol–water partition coefficient (Wildman–Crippen LogP) is 1.40. The zero-order valence-corrected chi connectivity index (χ0v) is 9.46. The molecule has 4 nitrogen and oxygen atoms in total. The predicted molar refractivity (Wildman–Crippen MR) is 61.3 cm³/mol. The van der Waals surface area contributed by atoms with E-state index in [1.807, 2.05) is 6.07 Å². The summed E-state index contributed by atoms with van der Waals surface area (Å²) in [6.07, 6.45) is 0. The molecule has 1 aromatic rings. The molecule has 1 rings (SSSR count). The fraction of sp³-hybridized carbons (Fsp3) is 0.455. The quantitative estimate of drug-likeness (QED) is 0.721. The molecule has 3 N–H and O–H groups in total. The molecule has 0 saturated carbocycles. The zero-order chi connectivity index (χ0) is 11.3. The molecular weight excluding hydrogens is 192 g/mol. The van der Waals surface area contributed by atoms with Crippen molar-refractivity contribution in [2.75, 3.05) is 26.5 Å². The molecule has 0 aliphatic carbocycles. The monoisotopic (exact) mass is 210 g/mol. The molecule has 84 valence electrons. The van der Waals surface area contributed by atoms with Crippen LogP contribution in [0.4, 0.5) is 5.69 Å². The number of nitrogen functional groups attached to an aromatic ring is 1. The van der Waals surface area contributed by atoms with E-state index in [9.17, 15) is 0 Å². The van der Waals surface area contributed by atoms with Gasteiger partial charge in [0.2, 0.25) is 0 Å². The van der Waals surface area contributed by atoms with Gasteiger partial charge in [0.05, 0.1) is 14.2 Å². The molecule has 0 spiro atoms. The van der Waals surface area contributed by atoms with Gasteiger partial charge in [-0.25, -0.2) is 0 Å². The first-order valence-electron chi connectivity index (χ1n) is 4.94. The normalized spacial score (nSPS) is 10.1. The lowest BCUT2D eigenvalue weighted by atomic mass is 10.1. The molecule has 4 heteroatoms. The van der Waals surface area contributed by atoms with Gasteiger partial charge in [-0.2, -0.15) is 0 Å². The number of methoxy groups -OCH3 is 2. The summed E-state index contributed by atoms with van der Waals surface area (Å²) in [6, 6.07) is 3.68. The van der Waals surface area contributed by atoms with Crippen molar-refractivity contribution in [3.05, 3.63) is 17.7 Å². The minimum absolute atomic E-state index is 0.662. The highest BCUT2D eigenvalue weighted by atomic mass is 16.5. The molecule has 0 unspecified atom stereocenters. The first-order valence-corrected chi connectivity index (χ1v) is 4.94. The standard InChI is InChI=1S/C11H18N2O2/c1-4-13-7-8-5-10(14-2)11(15-3)6-9(8)12/h5-6,13H,4,7,12H2,1-3H3. The molecule has 0 bridgehead atoms. The Kier molecular flexibility index (Phi) is 4.24. The molecule has 1 aromatic carbocycles. The van der Waals surface area contributed by atoms with Crippen molar-refractivity contribution < 1.29 is 9.47 Å². The molecule has 15 heavy (non-hydrogen) atoms. The van der Waals surface area contributed by atoms with E-state index in [4.69, 9.17) is 15.2 Å². The number of anilines is 1. The maximum Gasteiger partial charge on any atom is 0.162 e. The van der Waals surface area contributed by atoms with Crippen molar-refractivity contribution in [3.8, 4) is 11.5 Å². The highest BCUT2D eigenvalue weighted by Gasteiger charge is 2.08. The minimum Gasteiger partial charge on any atom is -0.493 e. The number of rotatable bonds is 5. The number of nitrogens with two attached hydrogens (primary N) is 1. The van der Waals surface area contributed by atoms with Gasteiger partial charge < -0.3 is 20.5 Å². The fourth-order valence-electron chi connectivity index (χ4n) is 1.35. The number of hydrogen-bond acceptors (Lipinski definition) is 4. The highest BCUT2D eigenvalue weighted by molar-refractivity contribution is 5.57. The van der Waals surface area contributed by atoms with Crippen molar-refractivity contribution in [1.29, 1.82) is 0 Å². The number of benzene rings is 1. The van der Waals surface area contributed by atoms with Crippen LogP contribution in [0.25, 0.3) is 0 Å². The van der Waals surface area contributed by atoms with E-state index < -0.39 is 0 Å². The van der Waals surface area contributed by atoms with E-state index in [1.54, 1.807) is 20.3 Å². The number of hydrogen-bond donors (Lipinski definition) is 2. The summed E-state index contributed by atoms with van der Waals surface area (Å²) in [7, 11) is 3.21. The third-order valence-electron chi connectivity index (χ3n) is 2.21. The molecular formula is C11H18N2O2. The van der Waals surface area contributed by atoms with Crippen LogP contribution in [0.5, 0.6) is 11.5 Å². The topological polar surface area (TPSA) is 56.5 Å². The van der Waals surface area contributed by atoms with Gasteiger partial charge in [-0.1, -0.05) is 6.92 Å². The van der Waals surface area contributed by atoms with Gasteiger partial charge in [0.1, 0.15) is 0 Å². The Labute approximate surface area is 90.4 Å². The van der Waals surface area contributed by atoms with Crippen molar-refractivity contribution >= 4 is 5.69 Å². The van der Waals surface area contributed by atoms with E-state index >= 15 is 0 Å². The van der Waals surface area contributed by atoms with Crippen LogP contribution < -0.4 is 20.5 Å². The van der Waals surface area contributed by atoms with E-state index in [-0.39, 0.29) is 0 Å². The number of nitrogens with one attached hydrogen (secondary N) is 1. The van der Waals surface area contributed by atoms with Gasteiger partial charge in [-0.15, -0.1) is 0 Å². The summed E-state index contributed by atoms with van der Waals surface area (Å²) < 4.78 is 10.4. The third kappa shape index (κ3) is 2.76. The van der Waals surface area contributed by atoms with Crippen molar-refractivity contribution in [1.82, 2.24) is 5.32 Å². The minimum atomic E-state index is 0.662. The molecule has 0 aliphatic heterocycles. The smallest absolute Gasteiger partial charge is 0.162 e. The van der Waals surface area contributed by atoms with Gasteiger partial charge in [0.15, 0.2) is 11.5 Å². The summed E-state index contributed by atoms with van der Waals surface area (Å²) in [5, 5.41) is 3.22. The molecule has 0 fully saturated rings. The van der Waals surface area contributed by atoms with Crippen molar-refractivity contribution in [3.63, 3.8) is 0 Å². The van der Waals surface area contributed by atoms with Crippen molar-refractivity contribution in [2.24, 2.45) is 0 Å². The zero-order valence-electron chi connectivity index (χ0n) is 9.46. The highest BCUT2D eigenvalue weighted by Crippen LogP contribution is 2.31. The second kappa shape index (κ2) is 5.46. The van der Waals surface area contributed by atoms with Gasteiger partial charge >= 0.3 is 0 Å². The Morgan fingerprint density at radius 1 is 1.20 bits per heavy atom. The Bertz CT molecular complexity index is 327. The average Bonchev–Trinajstić information content (AvgIpc) is 2.27. The fourth-order valence-corrected chi connectivity index (χ4v) is 1.35. The molecule has 0 heterocycles. The summed E-state index contributed by atoms with van der Waals surface area (Å²) >= 11 is 0. The maximum atomic E-state index is 5.89. The van der Waals surface area contributed by atoms with E-state index in [1.165, 1.54) is 0 Å². The lowest BCUT2D eigenvalue weighted by Crippen LogP contribution is -2.13. The van der Waals surface area contributed by atoms with E-state index in [0.29, 0.717) is 17.2 Å². The lowest BCUT2D eigenvalue weighted by Gasteiger charge is -2.12. The molecule has 0 radical (unpaired) electrons. The summed E-state index contributed by atoms with van der Waals surface area (Å²) in [5.41, 5.74) is 7.62. The van der Waals surface area contributed by atoms with Crippen LogP contribution in [-0.2, 0) is 6.54 Å². The third-order valence-corrected chi connectivity index (χ3v) is 2.21. The van der Waals surface area contributed by atoms with E-state index in [2.05, 4.69) is 12.2 Å². The SMILES string of the molecule is CCNCc1cc(OC)c(OC)cc1N. The number of ether oxygens (including phenoxy) is 2. The molecule has 0 aliphatic rings. The van der Waals surface area contributed by atoms with Crippen LogP contribution >= 0.6 is 0 Å². The van der Waals surface area contributed by atoms with Gasteiger partial charge in [0, 0.05) is 18.3 Å². The van der Waals surface area contributed by atoms with Gasteiger partial charge in [0.25, 0.3) is 0 Å². The lowest BCUT2D eigenvalue weighted by molar-refractivity contribution is 0.354. The largest absolute Gasteiger partial charge is 0.493 e. The van der Waals surface area contributed by atoms with Crippen LogP contribution in [0.3, 0.4) is 0 Å². The summed E-state index contributed by atoms with van der Waals surface area (Å²) in [5.74, 6) is 1.37. The Balaban J connectivity index is 2.97. The second-order valence-corrected chi connectivity index (χ2v) is 3.19. The van der Waals surface area contributed by atoms with Crippen LogP contribution in [0.15, 0.2) is 12.1 Å². The molecule has 0 aromatic heterocycles. The maximum absolute atomic E-state index is 5.89. The Morgan fingerprint density at radius 3 is 2.33 bits per heavy atom. The molecule has 0 atom stereocenters. The Morgan fingerprint density at radius 2 is 1.80 bits per heavy atom. The van der Waals surface area contributed by atoms with Crippen LogP contribution in [0.2, 0.25) is 0 Å². The van der Waals surface area contributed by atoms with Gasteiger partial charge in [-0.05, 0) is 18.2 Å². The summed E-state index contributed by atoms with van der Waals surface area (Å²) in [6.45, 7) is 3.70. The van der Waals surface area contributed by atoms with Crippen LogP contribution in [-0.4, -0.2) is 20.8 Å². The molecule has 0 saturated heterocycles. The molecule has 0 amide bonds. The van der Waals surface area contributed by atoms with Crippen LogP contribution in [0.1, 0.15) is 12.5 Å². The van der Waals surface area contributed by atoms with E-state index in [0.717, 1.165) is 18.7 Å². The van der Waals surface area contributed by atoms with Gasteiger partial charge in [-0.3, -0.25) is 0 Å². The second-order valence-electron chi connectivity index (χ2n) is 3.19.